The first-order chi connectivity index (χ1) is 8.65. The lowest BCUT2D eigenvalue weighted by Gasteiger charge is -2.12. The number of methoxy groups -OCH3 is 2. The molecule has 0 saturated heterocycles. The Labute approximate surface area is 124 Å². The SMILES string of the molecule is COc1ccc(C(Cl)c2csc(Br)c2)cc1OC. The molecule has 0 fully saturated rings. The standard InChI is InChI=1S/C13H12BrClO2S/c1-16-10-4-3-8(5-11(10)17-2)13(15)9-6-12(14)18-7-9/h3-7,13H,1-2H3. The van der Waals surface area contributed by atoms with E-state index >= 15 is 0 Å². The van der Waals surface area contributed by atoms with E-state index in [2.05, 4.69) is 15.9 Å². The Balaban J connectivity index is 2.33. The van der Waals surface area contributed by atoms with Crippen molar-refractivity contribution in [1.29, 1.82) is 0 Å². The van der Waals surface area contributed by atoms with E-state index in [0.717, 1.165) is 14.9 Å². The number of hydrogen-bond acceptors (Lipinski definition) is 3. The molecule has 0 bridgehead atoms. The molecule has 0 amide bonds. The van der Waals surface area contributed by atoms with Crippen LogP contribution in [0.5, 0.6) is 11.5 Å². The minimum atomic E-state index is -0.188. The fraction of sp³-hybridized carbons (Fsp3) is 0.231. The van der Waals surface area contributed by atoms with Gasteiger partial charge in [-0.05, 0) is 50.6 Å². The summed E-state index contributed by atoms with van der Waals surface area (Å²) in [5, 5.41) is 1.85. The van der Waals surface area contributed by atoms with Gasteiger partial charge in [0.25, 0.3) is 0 Å². The van der Waals surface area contributed by atoms with Gasteiger partial charge in [-0.2, -0.15) is 0 Å². The van der Waals surface area contributed by atoms with Crippen molar-refractivity contribution in [3.05, 3.63) is 44.6 Å². The van der Waals surface area contributed by atoms with Crippen LogP contribution in [-0.4, -0.2) is 14.2 Å². The molecule has 2 nitrogen and oxygen atoms in total. The molecule has 1 heterocycles. The van der Waals surface area contributed by atoms with Crippen LogP contribution in [0.25, 0.3) is 0 Å². The minimum absolute atomic E-state index is 0.188. The maximum atomic E-state index is 6.46. The molecule has 96 valence electrons. The molecule has 1 unspecified atom stereocenters. The van der Waals surface area contributed by atoms with E-state index in [9.17, 15) is 0 Å². The third kappa shape index (κ3) is 2.82. The average Bonchev–Trinajstić information content (AvgIpc) is 2.83. The number of rotatable bonds is 4. The van der Waals surface area contributed by atoms with Gasteiger partial charge in [0.05, 0.1) is 23.4 Å². The lowest BCUT2D eigenvalue weighted by atomic mass is 10.1. The van der Waals surface area contributed by atoms with Crippen molar-refractivity contribution >= 4 is 38.9 Å². The summed E-state index contributed by atoms with van der Waals surface area (Å²) in [6, 6.07) is 7.75. The molecule has 0 aliphatic rings. The topological polar surface area (TPSA) is 18.5 Å². The molecule has 18 heavy (non-hydrogen) atoms. The largest absolute Gasteiger partial charge is 0.493 e. The van der Waals surface area contributed by atoms with Gasteiger partial charge in [0.1, 0.15) is 0 Å². The van der Waals surface area contributed by atoms with Crippen LogP contribution >= 0.6 is 38.9 Å². The number of hydrogen-bond donors (Lipinski definition) is 0. The Morgan fingerprint density at radius 1 is 1.11 bits per heavy atom. The second-order valence-corrected chi connectivity index (χ2v) is 6.39. The smallest absolute Gasteiger partial charge is 0.161 e. The van der Waals surface area contributed by atoms with Crippen LogP contribution in [0, 0.1) is 0 Å². The molecule has 0 spiro atoms. The van der Waals surface area contributed by atoms with E-state index in [-0.39, 0.29) is 5.38 Å². The second kappa shape index (κ2) is 5.95. The van der Waals surface area contributed by atoms with Crippen LogP contribution < -0.4 is 9.47 Å². The minimum Gasteiger partial charge on any atom is -0.493 e. The first-order valence-electron chi connectivity index (χ1n) is 5.25. The molecule has 1 atom stereocenters. The van der Waals surface area contributed by atoms with Crippen molar-refractivity contribution in [2.75, 3.05) is 14.2 Å². The molecule has 0 aliphatic heterocycles. The third-order valence-electron chi connectivity index (χ3n) is 2.58. The van der Waals surface area contributed by atoms with Crippen molar-refractivity contribution in [3.8, 4) is 11.5 Å². The van der Waals surface area contributed by atoms with Gasteiger partial charge < -0.3 is 9.47 Å². The Kier molecular flexibility index (Phi) is 4.54. The highest BCUT2D eigenvalue weighted by atomic mass is 79.9. The van der Waals surface area contributed by atoms with Crippen molar-refractivity contribution in [1.82, 2.24) is 0 Å². The fourth-order valence-electron chi connectivity index (χ4n) is 1.66. The van der Waals surface area contributed by atoms with E-state index in [1.54, 1.807) is 25.6 Å². The number of halogens is 2. The Morgan fingerprint density at radius 3 is 2.39 bits per heavy atom. The Bertz CT molecular complexity index is 542. The number of thiophene rings is 1. The Hall–Kier alpha value is -0.710. The zero-order valence-electron chi connectivity index (χ0n) is 9.94. The first-order valence-corrected chi connectivity index (χ1v) is 7.36. The normalized spacial score (nSPS) is 12.2. The van der Waals surface area contributed by atoms with Gasteiger partial charge in [-0.15, -0.1) is 22.9 Å². The number of ether oxygens (including phenoxy) is 2. The molecule has 2 rings (SSSR count). The molecular formula is C13H12BrClO2S. The van der Waals surface area contributed by atoms with Crippen molar-refractivity contribution in [2.24, 2.45) is 0 Å². The van der Waals surface area contributed by atoms with Crippen LogP contribution in [0.3, 0.4) is 0 Å². The maximum absolute atomic E-state index is 6.46. The fourth-order valence-corrected chi connectivity index (χ4v) is 3.20. The third-order valence-corrected chi connectivity index (χ3v) is 4.61. The van der Waals surface area contributed by atoms with E-state index in [1.807, 2.05) is 29.6 Å². The molecule has 1 aromatic heterocycles. The van der Waals surface area contributed by atoms with Crippen LogP contribution in [0.2, 0.25) is 0 Å². The van der Waals surface area contributed by atoms with Gasteiger partial charge in [-0.1, -0.05) is 6.07 Å². The zero-order chi connectivity index (χ0) is 13.1. The van der Waals surface area contributed by atoms with Gasteiger partial charge >= 0.3 is 0 Å². The highest BCUT2D eigenvalue weighted by molar-refractivity contribution is 9.11. The van der Waals surface area contributed by atoms with Crippen LogP contribution in [0.1, 0.15) is 16.5 Å². The summed E-state index contributed by atoms with van der Waals surface area (Å²) >= 11 is 11.5. The number of alkyl halides is 1. The monoisotopic (exact) mass is 346 g/mol. The summed E-state index contributed by atoms with van der Waals surface area (Å²) < 4.78 is 11.6. The highest BCUT2D eigenvalue weighted by Crippen LogP contribution is 2.37. The summed E-state index contributed by atoms with van der Waals surface area (Å²) in [5.41, 5.74) is 2.06. The van der Waals surface area contributed by atoms with Gasteiger partial charge in [-0.3, -0.25) is 0 Å². The van der Waals surface area contributed by atoms with Gasteiger partial charge in [0.2, 0.25) is 0 Å². The maximum Gasteiger partial charge on any atom is 0.161 e. The van der Waals surface area contributed by atoms with E-state index in [1.165, 1.54) is 0 Å². The summed E-state index contributed by atoms with van der Waals surface area (Å²) in [6.07, 6.45) is 0. The predicted octanol–water partition coefficient (Wildman–Crippen LogP) is 4.86. The number of benzene rings is 1. The lowest BCUT2D eigenvalue weighted by Crippen LogP contribution is -1.95. The van der Waals surface area contributed by atoms with Gasteiger partial charge in [0.15, 0.2) is 11.5 Å². The molecular weight excluding hydrogens is 336 g/mol. The van der Waals surface area contributed by atoms with E-state index < -0.39 is 0 Å². The Morgan fingerprint density at radius 2 is 1.83 bits per heavy atom. The average molecular weight is 348 g/mol. The molecule has 0 N–H and O–H groups in total. The highest BCUT2D eigenvalue weighted by Gasteiger charge is 2.15. The zero-order valence-corrected chi connectivity index (χ0v) is 13.1. The molecule has 0 aliphatic carbocycles. The summed E-state index contributed by atoms with van der Waals surface area (Å²) in [4.78, 5) is 0. The molecule has 0 radical (unpaired) electrons. The van der Waals surface area contributed by atoms with Crippen molar-refractivity contribution in [3.63, 3.8) is 0 Å². The van der Waals surface area contributed by atoms with Crippen LogP contribution in [0.4, 0.5) is 0 Å². The quantitative estimate of drug-likeness (QED) is 0.736. The van der Waals surface area contributed by atoms with Gasteiger partial charge in [-0.25, -0.2) is 0 Å². The van der Waals surface area contributed by atoms with Crippen LogP contribution in [0.15, 0.2) is 33.4 Å². The second-order valence-electron chi connectivity index (χ2n) is 3.66. The van der Waals surface area contributed by atoms with Crippen molar-refractivity contribution < 1.29 is 9.47 Å². The van der Waals surface area contributed by atoms with Gasteiger partial charge in [0, 0.05) is 0 Å². The molecule has 1 aromatic carbocycles. The first kappa shape index (κ1) is 13.7. The van der Waals surface area contributed by atoms with E-state index in [4.69, 9.17) is 21.1 Å². The molecule has 0 saturated carbocycles. The van der Waals surface area contributed by atoms with E-state index in [0.29, 0.717) is 11.5 Å². The summed E-state index contributed by atoms with van der Waals surface area (Å²) in [6.45, 7) is 0. The molecule has 2 aromatic rings. The summed E-state index contributed by atoms with van der Waals surface area (Å²) in [5.74, 6) is 1.39. The lowest BCUT2D eigenvalue weighted by molar-refractivity contribution is 0.354. The predicted molar refractivity (Wildman–Crippen MR) is 79.3 cm³/mol. The summed E-state index contributed by atoms with van der Waals surface area (Å²) in [7, 11) is 3.23. The molecule has 5 heteroatoms. The van der Waals surface area contributed by atoms with Crippen molar-refractivity contribution in [2.45, 2.75) is 5.38 Å². The van der Waals surface area contributed by atoms with Crippen LogP contribution in [-0.2, 0) is 0 Å².